The molecule has 1 aliphatic heterocycles. The molecule has 0 spiro atoms. The maximum atomic E-state index is 4.54. The van der Waals surface area contributed by atoms with Crippen molar-refractivity contribution in [3.8, 4) is 0 Å². The van der Waals surface area contributed by atoms with Crippen molar-refractivity contribution in [1.82, 2.24) is 24.5 Å². The quantitative estimate of drug-likeness (QED) is 0.772. The van der Waals surface area contributed by atoms with Crippen LogP contribution < -0.4 is 0 Å². The molecule has 0 N–H and O–H groups in total. The minimum Gasteiger partial charge on any atom is -0.306 e. The standard InChI is InChI=1S/C14H20BrN5S/c1-3-20-11(13(15)10(2)18-20)9-21-14-17-16-12-7-5-4-6-8-19(12)14/h3-9H2,1-2H3. The van der Waals surface area contributed by atoms with Crippen LogP contribution in [0.4, 0.5) is 0 Å². The van der Waals surface area contributed by atoms with Crippen molar-refractivity contribution in [3.05, 3.63) is 21.7 Å². The second-order valence-corrected chi connectivity index (χ2v) is 7.05. The Balaban J connectivity index is 1.78. The Morgan fingerprint density at radius 1 is 1.24 bits per heavy atom. The second kappa shape index (κ2) is 6.52. The van der Waals surface area contributed by atoms with Gasteiger partial charge < -0.3 is 4.57 Å². The molecule has 2 aromatic rings. The van der Waals surface area contributed by atoms with E-state index in [2.05, 4.69) is 47.4 Å². The lowest BCUT2D eigenvalue weighted by molar-refractivity contribution is 0.590. The highest BCUT2D eigenvalue weighted by Crippen LogP contribution is 2.29. The van der Waals surface area contributed by atoms with Gasteiger partial charge in [-0.2, -0.15) is 5.10 Å². The molecular weight excluding hydrogens is 350 g/mol. The third kappa shape index (κ3) is 3.04. The molecule has 114 valence electrons. The molecule has 0 amide bonds. The summed E-state index contributed by atoms with van der Waals surface area (Å²) in [7, 11) is 0. The molecule has 0 atom stereocenters. The van der Waals surface area contributed by atoms with Crippen LogP contribution in [0, 0.1) is 6.92 Å². The van der Waals surface area contributed by atoms with E-state index in [9.17, 15) is 0 Å². The van der Waals surface area contributed by atoms with Crippen LogP contribution >= 0.6 is 27.7 Å². The minimum absolute atomic E-state index is 0.868. The fourth-order valence-electron chi connectivity index (χ4n) is 2.70. The average molecular weight is 370 g/mol. The van der Waals surface area contributed by atoms with Crippen LogP contribution in [-0.2, 0) is 25.3 Å². The van der Waals surface area contributed by atoms with E-state index in [1.54, 1.807) is 11.8 Å². The molecule has 0 unspecified atom stereocenters. The van der Waals surface area contributed by atoms with Crippen LogP contribution in [0.25, 0.3) is 0 Å². The molecule has 21 heavy (non-hydrogen) atoms. The van der Waals surface area contributed by atoms with Crippen LogP contribution in [0.5, 0.6) is 0 Å². The maximum Gasteiger partial charge on any atom is 0.191 e. The zero-order valence-electron chi connectivity index (χ0n) is 12.5. The molecule has 3 heterocycles. The summed E-state index contributed by atoms with van der Waals surface area (Å²) in [6.07, 6.45) is 4.81. The van der Waals surface area contributed by atoms with E-state index in [4.69, 9.17) is 0 Å². The van der Waals surface area contributed by atoms with E-state index in [-0.39, 0.29) is 0 Å². The van der Waals surface area contributed by atoms with Gasteiger partial charge in [0.05, 0.1) is 15.9 Å². The SMILES string of the molecule is CCn1nc(C)c(Br)c1CSc1nnc2n1CCCCC2. The van der Waals surface area contributed by atoms with Crippen molar-refractivity contribution in [2.24, 2.45) is 0 Å². The number of aromatic nitrogens is 5. The predicted molar refractivity (Wildman–Crippen MR) is 87.5 cm³/mol. The van der Waals surface area contributed by atoms with Gasteiger partial charge in [-0.1, -0.05) is 18.2 Å². The first-order chi connectivity index (χ1) is 10.2. The lowest BCUT2D eigenvalue weighted by Crippen LogP contribution is -2.04. The number of nitrogens with zero attached hydrogens (tertiary/aromatic N) is 5. The van der Waals surface area contributed by atoms with E-state index >= 15 is 0 Å². The van der Waals surface area contributed by atoms with Gasteiger partial charge in [0, 0.05) is 25.3 Å². The zero-order chi connectivity index (χ0) is 14.8. The Hall–Kier alpha value is -0.820. The summed E-state index contributed by atoms with van der Waals surface area (Å²) in [5.41, 5.74) is 2.28. The number of halogens is 1. The number of hydrogen-bond acceptors (Lipinski definition) is 4. The van der Waals surface area contributed by atoms with E-state index in [0.717, 1.165) is 46.4 Å². The van der Waals surface area contributed by atoms with Gasteiger partial charge in [0.15, 0.2) is 5.16 Å². The molecule has 0 aliphatic carbocycles. The molecule has 7 heteroatoms. The molecule has 0 aromatic carbocycles. The van der Waals surface area contributed by atoms with Gasteiger partial charge in [-0.15, -0.1) is 10.2 Å². The minimum atomic E-state index is 0.868. The summed E-state index contributed by atoms with van der Waals surface area (Å²) in [5, 5.41) is 14.3. The van der Waals surface area contributed by atoms with Gasteiger partial charge in [0.1, 0.15) is 5.82 Å². The lowest BCUT2D eigenvalue weighted by atomic mass is 10.2. The summed E-state index contributed by atoms with van der Waals surface area (Å²) in [6, 6.07) is 0. The molecule has 0 radical (unpaired) electrons. The molecule has 2 aromatic heterocycles. The summed E-state index contributed by atoms with van der Waals surface area (Å²) < 4.78 is 5.48. The highest BCUT2D eigenvalue weighted by Gasteiger charge is 2.17. The van der Waals surface area contributed by atoms with Crippen LogP contribution in [-0.4, -0.2) is 24.5 Å². The number of thioether (sulfide) groups is 1. The Labute approximate surface area is 137 Å². The van der Waals surface area contributed by atoms with Crippen molar-refractivity contribution >= 4 is 27.7 Å². The molecular formula is C14H20BrN5S. The van der Waals surface area contributed by atoms with Gasteiger partial charge in [0.2, 0.25) is 0 Å². The highest BCUT2D eigenvalue weighted by atomic mass is 79.9. The second-order valence-electron chi connectivity index (χ2n) is 5.31. The van der Waals surface area contributed by atoms with Gasteiger partial charge in [0.25, 0.3) is 0 Å². The largest absolute Gasteiger partial charge is 0.306 e. The van der Waals surface area contributed by atoms with E-state index < -0.39 is 0 Å². The topological polar surface area (TPSA) is 48.5 Å². The predicted octanol–water partition coefficient (Wildman–Crippen LogP) is 3.58. The van der Waals surface area contributed by atoms with E-state index in [1.807, 2.05) is 6.92 Å². The monoisotopic (exact) mass is 369 g/mol. The first kappa shape index (κ1) is 15.1. The number of fused-ring (bicyclic) bond motifs is 1. The fraction of sp³-hybridized carbons (Fsp3) is 0.643. The molecule has 0 fully saturated rings. The molecule has 0 saturated carbocycles. The summed E-state index contributed by atoms with van der Waals surface area (Å²) >= 11 is 5.41. The first-order valence-corrected chi connectivity index (χ1v) is 9.25. The van der Waals surface area contributed by atoms with Crippen LogP contribution in [0.1, 0.15) is 43.4 Å². The number of hydrogen-bond donors (Lipinski definition) is 0. The summed E-state index contributed by atoms with van der Waals surface area (Å²) in [4.78, 5) is 0. The lowest BCUT2D eigenvalue weighted by Gasteiger charge is -2.07. The molecule has 0 saturated heterocycles. The van der Waals surface area contributed by atoms with Crippen molar-refractivity contribution < 1.29 is 0 Å². The van der Waals surface area contributed by atoms with Crippen molar-refractivity contribution in [2.45, 2.75) is 63.5 Å². The molecule has 5 nitrogen and oxygen atoms in total. The van der Waals surface area contributed by atoms with Gasteiger partial charge in [-0.05, 0) is 42.6 Å². The Kier molecular flexibility index (Phi) is 4.69. The van der Waals surface area contributed by atoms with Gasteiger partial charge in [-0.3, -0.25) is 4.68 Å². The van der Waals surface area contributed by atoms with Crippen molar-refractivity contribution in [2.75, 3.05) is 0 Å². The van der Waals surface area contributed by atoms with Gasteiger partial charge in [-0.25, -0.2) is 0 Å². The maximum absolute atomic E-state index is 4.54. The summed E-state index contributed by atoms with van der Waals surface area (Å²) in [6.45, 7) is 6.10. The molecule has 1 aliphatic rings. The summed E-state index contributed by atoms with van der Waals surface area (Å²) in [5.74, 6) is 2.02. The van der Waals surface area contributed by atoms with Crippen molar-refractivity contribution in [1.29, 1.82) is 0 Å². The average Bonchev–Trinajstić information content (AvgIpc) is 2.89. The van der Waals surface area contributed by atoms with Crippen LogP contribution in [0.2, 0.25) is 0 Å². The van der Waals surface area contributed by atoms with E-state index in [1.165, 1.54) is 25.0 Å². The number of rotatable bonds is 4. The Morgan fingerprint density at radius 2 is 2.10 bits per heavy atom. The smallest absolute Gasteiger partial charge is 0.191 e. The first-order valence-electron chi connectivity index (χ1n) is 7.47. The van der Waals surface area contributed by atoms with Gasteiger partial charge >= 0.3 is 0 Å². The molecule has 0 bridgehead atoms. The third-order valence-electron chi connectivity index (χ3n) is 3.87. The van der Waals surface area contributed by atoms with Crippen LogP contribution in [0.15, 0.2) is 9.63 Å². The van der Waals surface area contributed by atoms with Crippen molar-refractivity contribution in [3.63, 3.8) is 0 Å². The Morgan fingerprint density at radius 3 is 2.90 bits per heavy atom. The fourth-order valence-corrected chi connectivity index (χ4v) is 4.32. The highest BCUT2D eigenvalue weighted by molar-refractivity contribution is 9.10. The normalized spacial score (nSPS) is 15.0. The Bertz CT molecular complexity index is 634. The molecule has 3 rings (SSSR count). The van der Waals surface area contributed by atoms with E-state index in [0.29, 0.717) is 0 Å². The van der Waals surface area contributed by atoms with Crippen LogP contribution in [0.3, 0.4) is 0 Å². The number of aryl methyl sites for hydroxylation is 3. The third-order valence-corrected chi connectivity index (χ3v) is 5.88. The zero-order valence-corrected chi connectivity index (χ0v) is 14.9.